The largest absolute Gasteiger partial charge is 0.444 e. The second kappa shape index (κ2) is 8.55. The molecule has 28 heavy (non-hydrogen) atoms. The van der Waals surface area contributed by atoms with Crippen molar-refractivity contribution in [3.63, 3.8) is 0 Å². The number of aryl methyl sites for hydroxylation is 1. The number of nitrogens with two attached hydrogens (primary N) is 1. The van der Waals surface area contributed by atoms with Gasteiger partial charge in [-0.15, -0.1) is 0 Å². The fourth-order valence-corrected chi connectivity index (χ4v) is 3.09. The zero-order valence-corrected chi connectivity index (χ0v) is 15.6. The van der Waals surface area contributed by atoms with Gasteiger partial charge in [0.25, 0.3) is 0 Å². The fraction of sp³-hybridized carbons (Fsp3) is 0.316. The van der Waals surface area contributed by atoms with Crippen molar-refractivity contribution in [3.8, 4) is 0 Å². The van der Waals surface area contributed by atoms with Crippen molar-refractivity contribution in [2.75, 3.05) is 36.0 Å². The predicted molar refractivity (Wildman–Crippen MR) is 105 cm³/mol. The predicted octanol–water partition coefficient (Wildman–Crippen LogP) is 1.98. The Labute approximate surface area is 162 Å². The van der Waals surface area contributed by atoms with Crippen LogP contribution in [0.4, 0.5) is 20.7 Å². The summed E-state index contributed by atoms with van der Waals surface area (Å²) in [5.74, 6) is -0.800. The molecule has 3 rings (SSSR count). The number of anilines is 2. The van der Waals surface area contributed by atoms with Gasteiger partial charge in [0.15, 0.2) is 17.6 Å². The summed E-state index contributed by atoms with van der Waals surface area (Å²) >= 11 is 0. The van der Waals surface area contributed by atoms with Gasteiger partial charge in [-0.25, -0.2) is 14.2 Å². The average Bonchev–Trinajstić information content (AvgIpc) is 2.67. The summed E-state index contributed by atoms with van der Waals surface area (Å²) in [6.45, 7) is 4.56. The van der Waals surface area contributed by atoms with Crippen LogP contribution in [0.2, 0.25) is 0 Å². The molecule has 9 heteroatoms. The first-order valence-electron chi connectivity index (χ1n) is 8.92. The maximum atomic E-state index is 14.8. The highest BCUT2D eigenvalue weighted by molar-refractivity contribution is 5.90. The lowest BCUT2D eigenvalue weighted by molar-refractivity contribution is 0.143. The van der Waals surface area contributed by atoms with Gasteiger partial charge < -0.3 is 20.3 Å². The van der Waals surface area contributed by atoms with Gasteiger partial charge in [0.05, 0.1) is 0 Å². The topological polar surface area (TPSA) is 108 Å². The highest BCUT2D eigenvalue weighted by Crippen LogP contribution is 2.24. The van der Waals surface area contributed by atoms with Crippen LogP contribution >= 0.6 is 0 Å². The number of alkyl carbamates (subject to hydrolysis) is 1. The SMILES string of the molecule is Cc1cccc(N2CCN(c3nccc(COC(=O)NC(=N)N)c3F)CC2)c1. The minimum Gasteiger partial charge on any atom is -0.444 e. The van der Waals surface area contributed by atoms with E-state index in [1.807, 2.05) is 16.3 Å². The third-order valence-electron chi connectivity index (χ3n) is 4.49. The minimum atomic E-state index is -0.906. The first-order valence-corrected chi connectivity index (χ1v) is 8.92. The molecular formula is C19H23FN6O2. The molecule has 1 aromatic carbocycles. The zero-order chi connectivity index (χ0) is 20.1. The molecular weight excluding hydrogens is 363 g/mol. The molecule has 1 aliphatic rings. The van der Waals surface area contributed by atoms with Crippen molar-refractivity contribution < 1.29 is 13.9 Å². The van der Waals surface area contributed by atoms with Crippen LogP contribution in [0.5, 0.6) is 0 Å². The standard InChI is InChI=1S/C19H23FN6O2/c1-13-3-2-4-15(11-13)25-7-9-26(10-8-25)17-16(20)14(5-6-23-17)12-28-19(27)24-18(21)22/h2-6,11H,7-10,12H2,1H3,(H4,21,22,24,27). The number of nitrogens with zero attached hydrogens (tertiary/aromatic N) is 3. The van der Waals surface area contributed by atoms with Crippen molar-refractivity contribution in [2.24, 2.45) is 5.73 Å². The van der Waals surface area contributed by atoms with E-state index in [0.29, 0.717) is 13.1 Å². The Hall–Kier alpha value is -3.36. The number of halogens is 1. The molecule has 2 heterocycles. The van der Waals surface area contributed by atoms with Crippen LogP contribution in [-0.4, -0.2) is 43.2 Å². The molecule has 0 aliphatic carbocycles. The van der Waals surface area contributed by atoms with E-state index in [4.69, 9.17) is 15.9 Å². The van der Waals surface area contributed by atoms with Gasteiger partial charge in [-0.3, -0.25) is 10.7 Å². The van der Waals surface area contributed by atoms with E-state index in [1.54, 1.807) is 0 Å². The molecule has 0 unspecified atom stereocenters. The summed E-state index contributed by atoms with van der Waals surface area (Å²) in [5.41, 5.74) is 7.63. The molecule has 1 saturated heterocycles. The van der Waals surface area contributed by atoms with Gasteiger partial charge >= 0.3 is 6.09 Å². The Kier molecular flexibility index (Phi) is 5.93. The van der Waals surface area contributed by atoms with E-state index in [2.05, 4.69) is 35.0 Å². The van der Waals surface area contributed by atoms with Crippen LogP contribution in [0.15, 0.2) is 36.5 Å². The second-order valence-electron chi connectivity index (χ2n) is 6.54. The molecule has 1 aromatic heterocycles. The third kappa shape index (κ3) is 4.67. The summed E-state index contributed by atoms with van der Waals surface area (Å²) in [6, 6.07) is 9.76. The summed E-state index contributed by atoms with van der Waals surface area (Å²) < 4.78 is 19.7. The minimum absolute atomic E-state index is 0.213. The molecule has 4 N–H and O–H groups in total. The summed E-state index contributed by atoms with van der Waals surface area (Å²) in [7, 11) is 0. The van der Waals surface area contributed by atoms with Crippen molar-refractivity contribution in [2.45, 2.75) is 13.5 Å². The number of nitrogens with one attached hydrogen (secondary N) is 2. The number of guanidine groups is 1. The van der Waals surface area contributed by atoms with Crippen LogP contribution in [0.3, 0.4) is 0 Å². The van der Waals surface area contributed by atoms with Crippen molar-refractivity contribution >= 4 is 23.6 Å². The fourth-order valence-electron chi connectivity index (χ4n) is 3.09. The summed E-state index contributed by atoms with van der Waals surface area (Å²) in [6.07, 6.45) is 0.587. The lowest BCUT2D eigenvalue weighted by Gasteiger charge is -2.37. The maximum Gasteiger partial charge on any atom is 0.414 e. The Balaban J connectivity index is 1.63. The molecule has 0 bridgehead atoms. The van der Waals surface area contributed by atoms with Crippen LogP contribution in [0.1, 0.15) is 11.1 Å². The Bertz CT molecular complexity index is 867. The number of rotatable bonds is 4. The Morgan fingerprint density at radius 1 is 1.29 bits per heavy atom. The Morgan fingerprint density at radius 2 is 2.00 bits per heavy atom. The summed E-state index contributed by atoms with van der Waals surface area (Å²) in [4.78, 5) is 19.7. The van der Waals surface area contributed by atoms with E-state index >= 15 is 0 Å². The number of amides is 1. The lowest BCUT2D eigenvalue weighted by Crippen LogP contribution is -2.47. The number of hydrogen-bond donors (Lipinski definition) is 3. The van der Waals surface area contributed by atoms with Gasteiger partial charge in [0.2, 0.25) is 0 Å². The molecule has 0 spiro atoms. The Morgan fingerprint density at radius 3 is 2.68 bits per heavy atom. The van der Waals surface area contributed by atoms with Gasteiger partial charge in [0.1, 0.15) is 6.61 Å². The summed E-state index contributed by atoms with van der Waals surface area (Å²) in [5, 5.41) is 8.96. The van der Waals surface area contributed by atoms with Crippen LogP contribution < -0.4 is 20.9 Å². The van der Waals surface area contributed by atoms with E-state index in [0.717, 1.165) is 18.8 Å². The molecule has 1 aliphatic heterocycles. The number of pyridine rings is 1. The van der Waals surface area contributed by atoms with Crippen LogP contribution in [0, 0.1) is 18.2 Å². The average molecular weight is 386 g/mol. The monoisotopic (exact) mass is 386 g/mol. The molecule has 0 saturated carbocycles. The molecule has 0 atom stereocenters. The molecule has 2 aromatic rings. The number of aromatic nitrogens is 1. The normalized spacial score (nSPS) is 13.9. The van der Waals surface area contributed by atoms with Crippen molar-refractivity contribution in [3.05, 3.63) is 53.5 Å². The van der Waals surface area contributed by atoms with E-state index in [9.17, 15) is 9.18 Å². The number of piperazine rings is 1. The number of hydrogen-bond acceptors (Lipinski definition) is 6. The van der Waals surface area contributed by atoms with E-state index < -0.39 is 17.9 Å². The number of benzene rings is 1. The zero-order valence-electron chi connectivity index (χ0n) is 15.6. The highest BCUT2D eigenvalue weighted by atomic mass is 19.1. The number of carbonyl (C=O) groups is 1. The van der Waals surface area contributed by atoms with Crippen LogP contribution in [0.25, 0.3) is 0 Å². The van der Waals surface area contributed by atoms with Gasteiger partial charge in [-0.1, -0.05) is 12.1 Å². The molecule has 1 amide bonds. The van der Waals surface area contributed by atoms with E-state index in [-0.39, 0.29) is 18.0 Å². The van der Waals surface area contributed by atoms with Crippen molar-refractivity contribution in [1.29, 1.82) is 5.41 Å². The maximum absolute atomic E-state index is 14.8. The second-order valence-corrected chi connectivity index (χ2v) is 6.54. The lowest BCUT2D eigenvalue weighted by atomic mass is 10.2. The van der Waals surface area contributed by atoms with Gasteiger partial charge in [-0.2, -0.15) is 0 Å². The van der Waals surface area contributed by atoms with Gasteiger partial charge in [-0.05, 0) is 30.7 Å². The molecule has 148 valence electrons. The smallest absolute Gasteiger partial charge is 0.414 e. The van der Waals surface area contributed by atoms with Crippen LogP contribution in [-0.2, 0) is 11.3 Å². The number of ether oxygens (including phenoxy) is 1. The molecule has 0 radical (unpaired) electrons. The first kappa shape index (κ1) is 19.4. The van der Waals surface area contributed by atoms with Gasteiger partial charge in [0, 0.05) is 43.6 Å². The van der Waals surface area contributed by atoms with E-state index in [1.165, 1.54) is 17.8 Å². The highest BCUT2D eigenvalue weighted by Gasteiger charge is 2.22. The third-order valence-corrected chi connectivity index (χ3v) is 4.49. The number of carbonyl (C=O) groups excluding carboxylic acids is 1. The van der Waals surface area contributed by atoms with Crippen molar-refractivity contribution in [1.82, 2.24) is 10.3 Å². The first-order chi connectivity index (χ1) is 13.4. The molecule has 8 nitrogen and oxygen atoms in total. The molecule has 1 fully saturated rings. The quantitative estimate of drug-likeness (QED) is 0.548.